The number of halogens is 2. The van der Waals surface area contributed by atoms with E-state index >= 15 is 0 Å². The van der Waals surface area contributed by atoms with Crippen molar-refractivity contribution in [3.63, 3.8) is 0 Å². The van der Waals surface area contributed by atoms with E-state index in [2.05, 4.69) is 13.0 Å². The van der Waals surface area contributed by atoms with Gasteiger partial charge < -0.3 is 0 Å². The predicted octanol–water partition coefficient (Wildman–Crippen LogP) is 7.33. The Morgan fingerprint density at radius 3 is 2.64 bits per heavy atom. The van der Waals surface area contributed by atoms with Gasteiger partial charge in [0, 0.05) is 5.56 Å². The van der Waals surface area contributed by atoms with Crippen LogP contribution in [0.25, 0.3) is 5.57 Å². The SMILES string of the molecule is CCCCCCCC1CC=C(c2ccc(C)c(Cl)c2F)CC1. The summed E-state index contributed by atoms with van der Waals surface area (Å²) in [6.07, 6.45) is 13.6. The lowest BCUT2D eigenvalue weighted by molar-refractivity contribution is 0.423. The van der Waals surface area contributed by atoms with Gasteiger partial charge >= 0.3 is 0 Å². The van der Waals surface area contributed by atoms with E-state index < -0.39 is 0 Å². The molecule has 0 radical (unpaired) electrons. The number of unbranched alkanes of at least 4 members (excludes halogenated alkanes) is 4. The van der Waals surface area contributed by atoms with Gasteiger partial charge in [-0.3, -0.25) is 0 Å². The Labute approximate surface area is 139 Å². The third kappa shape index (κ3) is 4.59. The molecule has 122 valence electrons. The Balaban J connectivity index is 1.88. The normalized spacial score (nSPS) is 18.4. The summed E-state index contributed by atoms with van der Waals surface area (Å²) < 4.78 is 14.3. The van der Waals surface area contributed by atoms with Crippen LogP contribution in [0.5, 0.6) is 0 Å². The molecule has 2 rings (SSSR count). The van der Waals surface area contributed by atoms with E-state index in [1.165, 1.54) is 44.9 Å². The van der Waals surface area contributed by atoms with E-state index in [0.29, 0.717) is 5.56 Å². The molecule has 1 aliphatic rings. The van der Waals surface area contributed by atoms with Crippen LogP contribution in [-0.2, 0) is 0 Å². The molecule has 1 aliphatic carbocycles. The van der Waals surface area contributed by atoms with Gasteiger partial charge in [-0.2, -0.15) is 0 Å². The standard InChI is InChI=1S/C20H28ClF/c1-3-4-5-6-7-8-16-10-12-17(13-11-16)18-14-9-15(2)19(21)20(18)22/h9,12,14,16H,3-8,10-11,13H2,1-2H3. The third-order valence-corrected chi connectivity index (χ3v) is 5.32. The minimum atomic E-state index is -0.245. The fourth-order valence-electron chi connectivity index (χ4n) is 3.33. The first kappa shape index (κ1) is 17.5. The lowest BCUT2D eigenvalue weighted by Crippen LogP contribution is -2.06. The maximum Gasteiger partial charge on any atom is 0.149 e. The van der Waals surface area contributed by atoms with Crippen molar-refractivity contribution < 1.29 is 4.39 Å². The van der Waals surface area contributed by atoms with Crippen molar-refractivity contribution in [2.75, 3.05) is 0 Å². The third-order valence-electron chi connectivity index (χ3n) is 4.86. The number of allylic oxidation sites excluding steroid dienone is 2. The second kappa shape index (κ2) is 8.72. The van der Waals surface area contributed by atoms with Crippen LogP contribution < -0.4 is 0 Å². The van der Waals surface area contributed by atoms with Crippen molar-refractivity contribution in [1.29, 1.82) is 0 Å². The molecule has 0 N–H and O–H groups in total. The summed E-state index contributed by atoms with van der Waals surface area (Å²) in [4.78, 5) is 0. The van der Waals surface area contributed by atoms with E-state index in [0.717, 1.165) is 29.9 Å². The highest BCUT2D eigenvalue weighted by molar-refractivity contribution is 6.31. The fraction of sp³-hybridized carbons (Fsp3) is 0.600. The van der Waals surface area contributed by atoms with Crippen LogP contribution in [0.2, 0.25) is 5.02 Å². The number of benzene rings is 1. The van der Waals surface area contributed by atoms with E-state index in [1.807, 2.05) is 19.1 Å². The summed E-state index contributed by atoms with van der Waals surface area (Å²) in [6.45, 7) is 4.10. The maximum absolute atomic E-state index is 14.3. The van der Waals surface area contributed by atoms with Crippen molar-refractivity contribution in [1.82, 2.24) is 0 Å². The first-order valence-electron chi connectivity index (χ1n) is 8.77. The molecule has 0 amide bonds. The van der Waals surface area contributed by atoms with Crippen LogP contribution in [0.15, 0.2) is 18.2 Å². The second-order valence-corrected chi connectivity index (χ2v) is 7.01. The first-order chi connectivity index (χ1) is 10.6. The zero-order valence-electron chi connectivity index (χ0n) is 13.9. The number of hydrogen-bond donors (Lipinski definition) is 0. The van der Waals surface area contributed by atoms with Gasteiger partial charge in [0.1, 0.15) is 5.82 Å². The Hall–Kier alpha value is -0.820. The van der Waals surface area contributed by atoms with Crippen molar-refractivity contribution in [2.24, 2.45) is 5.92 Å². The Morgan fingerprint density at radius 2 is 1.95 bits per heavy atom. The van der Waals surface area contributed by atoms with Gasteiger partial charge in [-0.25, -0.2) is 4.39 Å². The maximum atomic E-state index is 14.3. The highest BCUT2D eigenvalue weighted by atomic mass is 35.5. The fourth-order valence-corrected chi connectivity index (χ4v) is 3.49. The molecule has 1 atom stereocenters. The molecule has 0 bridgehead atoms. The summed E-state index contributed by atoms with van der Waals surface area (Å²) in [7, 11) is 0. The summed E-state index contributed by atoms with van der Waals surface area (Å²) in [5, 5.41) is 0.274. The van der Waals surface area contributed by atoms with Crippen LogP contribution in [-0.4, -0.2) is 0 Å². The van der Waals surface area contributed by atoms with Crippen molar-refractivity contribution in [2.45, 2.75) is 71.6 Å². The minimum absolute atomic E-state index is 0.245. The van der Waals surface area contributed by atoms with Gasteiger partial charge in [-0.1, -0.05) is 75.3 Å². The predicted molar refractivity (Wildman–Crippen MR) is 94.8 cm³/mol. The molecule has 0 spiro atoms. The van der Waals surface area contributed by atoms with Crippen LogP contribution in [0.3, 0.4) is 0 Å². The van der Waals surface area contributed by atoms with E-state index in [4.69, 9.17) is 11.6 Å². The average Bonchev–Trinajstić information content (AvgIpc) is 2.53. The summed E-state index contributed by atoms with van der Waals surface area (Å²) in [5.74, 6) is 0.542. The lowest BCUT2D eigenvalue weighted by Gasteiger charge is -2.22. The quantitative estimate of drug-likeness (QED) is 0.461. The Bertz CT molecular complexity index is 519. The van der Waals surface area contributed by atoms with Crippen LogP contribution >= 0.6 is 11.6 Å². The monoisotopic (exact) mass is 322 g/mol. The second-order valence-electron chi connectivity index (χ2n) is 6.63. The molecule has 1 unspecified atom stereocenters. The topological polar surface area (TPSA) is 0 Å². The summed E-state index contributed by atoms with van der Waals surface area (Å²) >= 11 is 6.04. The van der Waals surface area contributed by atoms with Crippen molar-refractivity contribution in [3.8, 4) is 0 Å². The highest BCUT2D eigenvalue weighted by Gasteiger charge is 2.18. The largest absolute Gasteiger partial charge is 0.205 e. The van der Waals surface area contributed by atoms with Crippen LogP contribution in [0.4, 0.5) is 4.39 Å². The van der Waals surface area contributed by atoms with Gasteiger partial charge in [0.05, 0.1) is 5.02 Å². The molecule has 0 saturated carbocycles. The first-order valence-corrected chi connectivity index (χ1v) is 9.15. The molecule has 0 heterocycles. The number of hydrogen-bond acceptors (Lipinski definition) is 0. The van der Waals surface area contributed by atoms with E-state index in [1.54, 1.807) is 0 Å². The molecule has 0 saturated heterocycles. The summed E-state index contributed by atoms with van der Waals surface area (Å²) in [6, 6.07) is 3.80. The highest BCUT2D eigenvalue weighted by Crippen LogP contribution is 2.35. The zero-order chi connectivity index (χ0) is 15.9. The Morgan fingerprint density at radius 1 is 1.18 bits per heavy atom. The smallest absolute Gasteiger partial charge is 0.149 e. The van der Waals surface area contributed by atoms with Crippen LogP contribution in [0.1, 0.15) is 75.8 Å². The van der Waals surface area contributed by atoms with Crippen molar-refractivity contribution in [3.05, 3.63) is 40.2 Å². The van der Waals surface area contributed by atoms with Gasteiger partial charge in [-0.05, 0) is 43.2 Å². The molecule has 2 heteroatoms. The van der Waals surface area contributed by atoms with E-state index in [-0.39, 0.29) is 10.8 Å². The van der Waals surface area contributed by atoms with Crippen molar-refractivity contribution >= 4 is 17.2 Å². The molecule has 0 aromatic heterocycles. The molecular weight excluding hydrogens is 295 g/mol. The van der Waals surface area contributed by atoms with Crippen LogP contribution in [0, 0.1) is 18.7 Å². The number of rotatable bonds is 7. The molecule has 1 aromatic carbocycles. The molecule has 1 aromatic rings. The molecule has 0 aliphatic heterocycles. The van der Waals surface area contributed by atoms with Gasteiger partial charge in [-0.15, -0.1) is 0 Å². The molecular formula is C20H28ClF. The van der Waals surface area contributed by atoms with Gasteiger partial charge in [0.2, 0.25) is 0 Å². The molecule has 0 fully saturated rings. The minimum Gasteiger partial charge on any atom is -0.205 e. The summed E-state index contributed by atoms with van der Waals surface area (Å²) in [5.41, 5.74) is 2.66. The average molecular weight is 323 g/mol. The molecule has 0 nitrogen and oxygen atoms in total. The van der Waals surface area contributed by atoms with Gasteiger partial charge in [0.25, 0.3) is 0 Å². The van der Waals surface area contributed by atoms with E-state index in [9.17, 15) is 4.39 Å². The lowest BCUT2D eigenvalue weighted by atomic mass is 9.83. The zero-order valence-corrected chi connectivity index (χ0v) is 14.7. The molecule has 22 heavy (non-hydrogen) atoms. The number of aryl methyl sites for hydroxylation is 1. The Kier molecular flexibility index (Phi) is 6.95. The van der Waals surface area contributed by atoms with Gasteiger partial charge in [0.15, 0.2) is 0 Å².